The molecule has 0 bridgehead atoms. The van der Waals surface area contributed by atoms with Gasteiger partial charge in [0.05, 0.1) is 19.2 Å². The zero-order chi connectivity index (χ0) is 15.3. The molecule has 7 heteroatoms. The maximum atomic E-state index is 12.7. The van der Waals surface area contributed by atoms with Crippen LogP contribution in [0.25, 0.3) is 0 Å². The molecule has 0 aliphatic heterocycles. The highest BCUT2D eigenvalue weighted by atomic mass is 35.5. The topological polar surface area (TPSA) is 49.5 Å². The van der Waals surface area contributed by atoms with Crippen molar-refractivity contribution in [2.45, 2.75) is 25.2 Å². The molecule has 0 radical (unpaired) electrons. The van der Waals surface area contributed by atoms with Gasteiger partial charge in [0.1, 0.15) is 0 Å². The number of rotatable bonds is 6. The lowest BCUT2D eigenvalue weighted by Crippen LogP contribution is -2.45. The van der Waals surface area contributed by atoms with Gasteiger partial charge in [-0.15, -0.1) is 0 Å². The van der Waals surface area contributed by atoms with Crippen molar-refractivity contribution < 1.29 is 18.3 Å². The monoisotopic (exact) mass is 310 g/mol. The Morgan fingerprint density at radius 1 is 1.40 bits per heavy atom. The van der Waals surface area contributed by atoms with Gasteiger partial charge in [-0.25, -0.2) is 0 Å². The smallest absolute Gasteiger partial charge is 0.395 e. The standard InChI is InChI=1S/C13H18ClF3N2O/c1-9(18)12(10-3-2-4-11(14)7-10)19(5-6-20)8-13(15,16)17/h2-4,7,9,12,20H,5-6,8,18H2,1H3. The van der Waals surface area contributed by atoms with Crippen molar-refractivity contribution >= 4 is 11.6 Å². The molecule has 3 nitrogen and oxygen atoms in total. The van der Waals surface area contributed by atoms with E-state index in [0.717, 1.165) is 4.90 Å². The molecule has 0 heterocycles. The highest BCUT2D eigenvalue weighted by molar-refractivity contribution is 6.30. The molecule has 20 heavy (non-hydrogen) atoms. The van der Waals surface area contributed by atoms with E-state index in [1.165, 1.54) is 0 Å². The maximum Gasteiger partial charge on any atom is 0.401 e. The molecule has 0 saturated heterocycles. The lowest BCUT2D eigenvalue weighted by Gasteiger charge is -2.34. The first-order valence-electron chi connectivity index (χ1n) is 6.17. The zero-order valence-corrected chi connectivity index (χ0v) is 11.8. The van der Waals surface area contributed by atoms with Gasteiger partial charge in [-0.3, -0.25) is 4.90 Å². The van der Waals surface area contributed by atoms with Gasteiger partial charge in [0, 0.05) is 17.6 Å². The van der Waals surface area contributed by atoms with E-state index in [4.69, 9.17) is 22.4 Å². The number of nitrogens with two attached hydrogens (primary N) is 1. The normalized spacial score (nSPS) is 15.4. The van der Waals surface area contributed by atoms with Crippen molar-refractivity contribution in [3.63, 3.8) is 0 Å². The number of nitrogens with zero attached hydrogens (tertiary/aromatic N) is 1. The van der Waals surface area contributed by atoms with Gasteiger partial charge in [0.2, 0.25) is 0 Å². The first-order chi connectivity index (χ1) is 9.24. The van der Waals surface area contributed by atoms with Crippen LogP contribution >= 0.6 is 11.6 Å². The number of alkyl halides is 3. The summed E-state index contributed by atoms with van der Waals surface area (Å²) >= 11 is 5.88. The Hall–Kier alpha value is -0.820. The van der Waals surface area contributed by atoms with Crippen LogP contribution in [-0.4, -0.2) is 41.9 Å². The van der Waals surface area contributed by atoms with E-state index in [2.05, 4.69) is 0 Å². The Bertz CT molecular complexity index is 426. The third kappa shape index (κ3) is 5.28. The summed E-state index contributed by atoms with van der Waals surface area (Å²) in [6.45, 7) is 0.0106. The first kappa shape index (κ1) is 17.2. The number of hydrogen-bond acceptors (Lipinski definition) is 3. The molecule has 0 fully saturated rings. The minimum absolute atomic E-state index is 0.113. The second kappa shape index (κ2) is 7.26. The molecule has 1 aromatic rings. The van der Waals surface area contributed by atoms with Gasteiger partial charge in [0.15, 0.2) is 0 Å². The van der Waals surface area contributed by atoms with Crippen LogP contribution in [0, 0.1) is 0 Å². The van der Waals surface area contributed by atoms with Crippen molar-refractivity contribution in [2.24, 2.45) is 5.73 Å². The minimum atomic E-state index is -4.36. The Balaban J connectivity index is 3.08. The summed E-state index contributed by atoms with van der Waals surface area (Å²) in [7, 11) is 0. The Labute approximate surface area is 121 Å². The summed E-state index contributed by atoms with van der Waals surface area (Å²) in [5.74, 6) is 0. The van der Waals surface area contributed by atoms with Gasteiger partial charge in [-0.2, -0.15) is 13.2 Å². The first-order valence-corrected chi connectivity index (χ1v) is 6.55. The van der Waals surface area contributed by atoms with Crippen LogP contribution in [0.3, 0.4) is 0 Å². The summed E-state index contributed by atoms with van der Waals surface area (Å²) in [6.07, 6.45) is -4.36. The van der Waals surface area contributed by atoms with E-state index < -0.39 is 24.8 Å². The van der Waals surface area contributed by atoms with Crippen LogP contribution in [0.5, 0.6) is 0 Å². The van der Waals surface area contributed by atoms with Crippen LogP contribution in [0.2, 0.25) is 5.02 Å². The van der Waals surface area contributed by atoms with Crippen molar-refractivity contribution in [3.05, 3.63) is 34.9 Å². The highest BCUT2D eigenvalue weighted by Crippen LogP contribution is 2.28. The van der Waals surface area contributed by atoms with Gasteiger partial charge >= 0.3 is 6.18 Å². The number of halogens is 4. The van der Waals surface area contributed by atoms with Crippen molar-refractivity contribution in [1.82, 2.24) is 4.90 Å². The summed E-state index contributed by atoms with van der Waals surface area (Å²) in [6, 6.07) is 5.38. The lowest BCUT2D eigenvalue weighted by atomic mass is 9.99. The predicted molar refractivity (Wildman–Crippen MR) is 72.6 cm³/mol. The van der Waals surface area contributed by atoms with Gasteiger partial charge in [-0.1, -0.05) is 23.7 Å². The fourth-order valence-corrected chi connectivity index (χ4v) is 2.41. The molecule has 0 amide bonds. The summed E-state index contributed by atoms with van der Waals surface area (Å²) < 4.78 is 38.0. The van der Waals surface area contributed by atoms with E-state index in [0.29, 0.717) is 10.6 Å². The van der Waals surface area contributed by atoms with Crippen molar-refractivity contribution in [3.8, 4) is 0 Å². The number of benzene rings is 1. The van der Waals surface area contributed by atoms with Crippen LogP contribution in [0.15, 0.2) is 24.3 Å². The van der Waals surface area contributed by atoms with Gasteiger partial charge in [-0.05, 0) is 24.6 Å². The number of hydrogen-bond donors (Lipinski definition) is 2. The second-order valence-corrected chi connectivity index (χ2v) is 5.10. The molecular weight excluding hydrogens is 293 g/mol. The van der Waals surface area contributed by atoms with E-state index in [1.54, 1.807) is 31.2 Å². The summed E-state index contributed by atoms with van der Waals surface area (Å²) in [4.78, 5) is 1.12. The lowest BCUT2D eigenvalue weighted by molar-refractivity contribution is -0.153. The predicted octanol–water partition coefficient (Wildman–Crippen LogP) is 2.58. The molecule has 0 aliphatic rings. The average molecular weight is 311 g/mol. The minimum Gasteiger partial charge on any atom is -0.395 e. The van der Waals surface area contributed by atoms with Crippen LogP contribution in [0.1, 0.15) is 18.5 Å². The van der Waals surface area contributed by atoms with Crippen molar-refractivity contribution in [2.75, 3.05) is 19.7 Å². The fourth-order valence-electron chi connectivity index (χ4n) is 2.21. The van der Waals surface area contributed by atoms with Crippen molar-refractivity contribution in [1.29, 1.82) is 0 Å². The average Bonchev–Trinajstić information content (AvgIpc) is 2.26. The SMILES string of the molecule is CC(N)C(c1cccc(Cl)c1)N(CCO)CC(F)(F)F. The molecule has 2 unspecified atom stereocenters. The summed E-state index contributed by atoms with van der Waals surface area (Å²) in [5, 5.41) is 9.42. The molecule has 0 saturated carbocycles. The van der Waals surface area contributed by atoms with E-state index in [-0.39, 0.29) is 13.2 Å². The molecule has 0 spiro atoms. The van der Waals surface area contributed by atoms with Crippen LogP contribution in [-0.2, 0) is 0 Å². The van der Waals surface area contributed by atoms with Gasteiger partial charge < -0.3 is 10.8 Å². The molecule has 0 aromatic heterocycles. The zero-order valence-electron chi connectivity index (χ0n) is 11.1. The third-order valence-electron chi connectivity index (χ3n) is 2.85. The Morgan fingerprint density at radius 2 is 2.05 bits per heavy atom. The number of aliphatic hydroxyl groups is 1. The molecule has 1 aromatic carbocycles. The maximum absolute atomic E-state index is 12.7. The largest absolute Gasteiger partial charge is 0.401 e. The van der Waals surface area contributed by atoms with Crippen LogP contribution < -0.4 is 5.73 Å². The fraction of sp³-hybridized carbons (Fsp3) is 0.538. The highest BCUT2D eigenvalue weighted by Gasteiger charge is 2.35. The molecular formula is C13H18ClF3N2O. The van der Waals surface area contributed by atoms with E-state index >= 15 is 0 Å². The van der Waals surface area contributed by atoms with Crippen LogP contribution in [0.4, 0.5) is 13.2 Å². The molecule has 1 rings (SSSR count). The quantitative estimate of drug-likeness (QED) is 0.849. The number of aliphatic hydroxyl groups excluding tert-OH is 1. The Morgan fingerprint density at radius 3 is 2.50 bits per heavy atom. The Kier molecular flexibility index (Phi) is 6.26. The molecule has 0 aliphatic carbocycles. The second-order valence-electron chi connectivity index (χ2n) is 4.67. The molecule has 3 N–H and O–H groups in total. The summed E-state index contributed by atoms with van der Waals surface area (Å²) in [5.41, 5.74) is 6.44. The van der Waals surface area contributed by atoms with Gasteiger partial charge in [0.25, 0.3) is 0 Å². The van der Waals surface area contributed by atoms with E-state index in [1.807, 2.05) is 0 Å². The molecule has 2 atom stereocenters. The third-order valence-corrected chi connectivity index (χ3v) is 3.09. The molecule has 114 valence electrons. The van der Waals surface area contributed by atoms with E-state index in [9.17, 15) is 13.2 Å².